The van der Waals surface area contributed by atoms with E-state index in [9.17, 15) is 0 Å². The molecule has 2 rings (SSSR count). The third-order valence-corrected chi connectivity index (χ3v) is 3.48. The van der Waals surface area contributed by atoms with E-state index in [1.54, 1.807) is 24.2 Å². The van der Waals surface area contributed by atoms with Crippen molar-refractivity contribution in [3.05, 3.63) is 54.4 Å². The first-order valence-electron chi connectivity index (χ1n) is 5.58. The van der Waals surface area contributed by atoms with Gasteiger partial charge in [0.15, 0.2) is 0 Å². The van der Waals surface area contributed by atoms with E-state index in [1.807, 2.05) is 12.1 Å². The van der Waals surface area contributed by atoms with Crippen LogP contribution in [0, 0.1) is 0 Å². The van der Waals surface area contributed by atoms with Crippen molar-refractivity contribution >= 4 is 11.8 Å². The molecule has 0 amide bonds. The van der Waals surface area contributed by atoms with Gasteiger partial charge >= 0.3 is 0 Å². The van der Waals surface area contributed by atoms with Crippen LogP contribution < -0.4 is 0 Å². The Balaban J connectivity index is 2.03. The summed E-state index contributed by atoms with van der Waals surface area (Å²) >= 11 is 1.75. The van der Waals surface area contributed by atoms with Gasteiger partial charge in [0.2, 0.25) is 0 Å². The molecule has 0 saturated heterocycles. The van der Waals surface area contributed by atoms with Crippen LogP contribution in [0.1, 0.15) is 5.56 Å². The Bertz CT molecular complexity index is 442. The molecule has 0 saturated carbocycles. The van der Waals surface area contributed by atoms with Crippen LogP contribution in [0.4, 0.5) is 0 Å². The number of aliphatic hydroxyl groups excluding tert-OH is 1. The lowest BCUT2D eigenvalue weighted by molar-refractivity contribution is 0.322. The molecular weight excluding hydrogens is 230 g/mol. The maximum atomic E-state index is 8.71. The number of hydrogen-bond donors (Lipinski definition) is 1. The molecule has 0 aliphatic heterocycles. The van der Waals surface area contributed by atoms with Gasteiger partial charge in [-0.1, -0.05) is 24.3 Å². The van der Waals surface area contributed by atoms with Crippen LogP contribution in [-0.4, -0.2) is 22.5 Å². The van der Waals surface area contributed by atoms with Crippen LogP contribution >= 0.6 is 11.8 Å². The lowest BCUT2D eigenvalue weighted by Gasteiger charge is -2.04. The second-order valence-corrected chi connectivity index (χ2v) is 4.81. The predicted molar refractivity (Wildman–Crippen MR) is 72.9 cm³/mol. The summed E-state index contributed by atoms with van der Waals surface area (Å²) < 4.78 is 0. The molecule has 0 atom stereocenters. The lowest BCUT2D eigenvalue weighted by Crippen LogP contribution is -1.88. The SMILES string of the molecule is OCCSCc1ccc(-c2ccncc2)cc1. The first kappa shape index (κ1) is 12.1. The van der Waals surface area contributed by atoms with E-state index in [1.165, 1.54) is 16.7 Å². The highest BCUT2D eigenvalue weighted by atomic mass is 32.2. The van der Waals surface area contributed by atoms with Gasteiger partial charge in [0, 0.05) is 23.9 Å². The van der Waals surface area contributed by atoms with E-state index in [-0.39, 0.29) is 6.61 Å². The summed E-state index contributed by atoms with van der Waals surface area (Å²) in [4.78, 5) is 4.01. The molecular formula is C14H15NOS. The molecule has 1 heterocycles. The van der Waals surface area contributed by atoms with Gasteiger partial charge in [-0.15, -0.1) is 0 Å². The average molecular weight is 245 g/mol. The Morgan fingerprint density at radius 1 is 0.941 bits per heavy atom. The zero-order chi connectivity index (χ0) is 11.9. The first-order valence-corrected chi connectivity index (χ1v) is 6.73. The third-order valence-electron chi connectivity index (χ3n) is 2.47. The number of thioether (sulfide) groups is 1. The van der Waals surface area contributed by atoms with Crippen LogP contribution in [-0.2, 0) is 5.75 Å². The molecule has 0 unspecified atom stereocenters. The highest BCUT2D eigenvalue weighted by Gasteiger charge is 1.97. The smallest absolute Gasteiger partial charge is 0.0521 e. The maximum Gasteiger partial charge on any atom is 0.0521 e. The van der Waals surface area contributed by atoms with Crippen LogP contribution in [0.15, 0.2) is 48.8 Å². The summed E-state index contributed by atoms with van der Waals surface area (Å²) in [5.74, 6) is 1.75. The zero-order valence-electron chi connectivity index (χ0n) is 9.54. The molecule has 0 radical (unpaired) electrons. The molecule has 3 heteroatoms. The van der Waals surface area contributed by atoms with E-state index in [0.717, 1.165) is 11.5 Å². The molecule has 2 nitrogen and oxygen atoms in total. The van der Waals surface area contributed by atoms with Crippen molar-refractivity contribution in [3.8, 4) is 11.1 Å². The lowest BCUT2D eigenvalue weighted by atomic mass is 10.1. The van der Waals surface area contributed by atoms with E-state index in [2.05, 4.69) is 29.2 Å². The predicted octanol–water partition coefficient (Wildman–Crippen LogP) is 2.97. The number of rotatable bonds is 5. The quantitative estimate of drug-likeness (QED) is 0.822. The second-order valence-electron chi connectivity index (χ2n) is 3.71. The van der Waals surface area contributed by atoms with Crippen molar-refractivity contribution < 1.29 is 5.11 Å². The molecule has 0 fully saturated rings. The van der Waals surface area contributed by atoms with E-state index >= 15 is 0 Å². The van der Waals surface area contributed by atoms with Crippen LogP contribution in [0.5, 0.6) is 0 Å². The molecule has 0 aliphatic rings. The van der Waals surface area contributed by atoms with Crippen molar-refractivity contribution in [2.75, 3.05) is 12.4 Å². The normalized spacial score (nSPS) is 10.4. The van der Waals surface area contributed by atoms with Gasteiger partial charge in [0.25, 0.3) is 0 Å². The second kappa shape index (κ2) is 6.42. The highest BCUT2D eigenvalue weighted by Crippen LogP contribution is 2.20. The zero-order valence-corrected chi connectivity index (χ0v) is 10.4. The molecule has 1 aromatic carbocycles. The summed E-state index contributed by atoms with van der Waals surface area (Å²) in [6.07, 6.45) is 3.61. The monoisotopic (exact) mass is 245 g/mol. The minimum Gasteiger partial charge on any atom is -0.396 e. The summed E-state index contributed by atoms with van der Waals surface area (Å²) in [7, 11) is 0. The largest absolute Gasteiger partial charge is 0.396 e. The van der Waals surface area contributed by atoms with Crippen LogP contribution in [0.25, 0.3) is 11.1 Å². The molecule has 0 aliphatic carbocycles. The van der Waals surface area contributed by atoms with Gasteiger partial charge < -0.3 is 5.11 Å². The average Bonchev–Trinajstić information content (AvgIpc) is 2.41. The first-order chi connectivity index (χ1) is 8.40. The fourth-order valence-corrected chi connectivity index (χ4v) is 2.29. The van der Waals surface area contributed by atoms with Gasteiger partial charge in [0.05, 0.1) is 6.61 Å². The Labute approximate surface area is 106 Å². The number of hydrogen-bond acceptors (Lipinski definition) is 3. The van der Waals surface area contributed by atoms with E-state index < -0.39 is 0 Å². The molecule has 0 bridgehead atoms. The van der Waals surface area contributed by atoms with Crippen molar-refractivity contribution in [2.45, 2.75) is 5.75 Å². The van der Waals surface area contributed by atoms with Gasteiger partial charge in [0.1, 0.15) is 0 Å². The number of benzene rings is 1. The van der Waals surface area contributed by atoms with E-state index in [4.69, 9.17) is 5.11 Å². The topological polar surface area (TPSA) is 33.1 Å². The Morgan fingerprint density at radius 3 is 2.24 bits per heavy atom. The van der Waals surface area contributed by atoms with Crippen LogP contribution in [0.3, 0.4) is 0 Å². The fourth-order valence-electron chi connectivity index (χ4n) is 1.59. The van der Waals surface area contributed by atoms with Gasteiger partial charge in [-0.25, -0.2) is 0 Å². The number of pyridine rings is 1. The van der Waals surface area contributed by atoms with Crippen molar-refractivity contribution in [3.63, 3.8) is 0 Å². The van der Waals surface area contributed by atoms with Gasteiger partial charge in [-0.2, -0.15) is 11.8 Å². The number of aliphatic hydroxyl groups is 1. The van der Waals surface area contributed by atoms with Gasteiger partial charge in [-0.3, -0.25) is 4.98 Å². The van der Waals surface area contributed by atoms with Crippen molar-refractivity contribution in [1.82, 2.24) is 4.98 Å². The third kappa shape index (κ3) is 3.58. The minimum atomic E-state index is 0.250. The Kier molecular flexibility index (Phi) is 4.59. The maximum absolute atomic E-state index is 8.71. The van der Waals surface area contributed by atoms with Crippen molar-refractivity contribution in [2.24, 2.45) is 0 Å². The summed E-state index contributed by atoms with van der Waals surface area (Å²) in [5, 5.41) is 8.71. The summed E-state index contributed by atoms with van der Waals surface area (Å²) in [6.45, 7) is 0.250. The molecule has 17 heavy (non-hydrogen) atoms. The summed E-state index contributed by atoms with van der Waals surface area (Å²) in [5.41, 5.74) is 3.69. The standard InChI is InChI=1S/C14H15NOS/c16-9-10-17-11-12-1-3-13(4-2-12)14-5-7-15-8-6-14/h1-8,16H,9-11H2. The van der Waals surface area contributed by atoms with Crippen LogP contribution in [0.2, 0.25) is 0 Å². The molecule has 1 aromatic heterocycles. The van der Waals surface area contributed by atoms with Crippen molar-refractivity contribution in [1.29, 1.82) is 0 Å². The van der Waals surface area contributed by atoms with E-state index in [0.29, 0.717) is 0 Å². The Hall–Kier alpha value is -1.32. The summed E-state index contributed by atoms with van der Waals surface area (Å²) in [6, 6.07) is 12.6. The minimum absolute atomic E-state index is 0.250. The molecule has 88 valence electrons. The molecule has 2 aromatic rings. The fraction of sp³-hybridized carbons (Fsp3) is 0.214. The number of nitrogens with zero attached hydrogens (tertiary/aromatic N) is 1. The molecule has 0 spiro atoms. The van der Waals surface area contributed by atoms with Gasteiger partial charge in [-0.05, 0) is 28.8 Å². The molecule has 1 N–H and O–H groups in total. The number of aromatic nitrogens is 1. The Morgan fingerprint density at radius 2 is 1.59 bits per heavy atom. The highest BCUT2D eigenvalue weighted by molar-refractivity contribution is 7.98.